The van der Waals surface area contributed by atoms with Gasteiger partial charge in [0.25, 0.3) is 0 Å². The van der Waals surface area contributed by atoms with Gasteiger partial charge in [0.15, 0.2) is 0 Å². The van der Waals surface area contributed by atoms with Crippen LogP contribution in [-0.2, 0) is 6.42 Å². The van der Waals surface area contributed by atoms with Crippen LogP contribution in [0.1, 0.15) is 26.3 Å². The van der Waals surface area contributed by atoms with E-state index in [2.05, 4.69) is 19.9 Å². The maximum absolute atomic E-state index is 13.5. The summed E-state index contributed by atoms with van der Waals surface area (Å²) in [6.07, 6.45) is 0.535. The molecule has 0 N–H and O–H groups in total. The molecule has 0 aliphatic carbocycles. The Morgan fingerprint density at radius 2 is 2.00 bits per heavy atom. The summed E-state index contributed by atoms with van der Waals surface area (Å²) in [5.41, 5.74) is 1.93. The van der Waals surface area contributed by atoms with Gasteiger partial charge in [0.2, 0.25) is 0 Å². The van der Waals surface area contributed by atoms with Crippen molar-refractivity contribution in [3.8, 4) is 0 Å². The van der Waals surface area contributed by atoms with E-state index in [9.17, 15) is 4.39 Å². The number of thiophene rings is 1. The van der Waals surface area contributed by atoms with Crippen LogP contribution in [-0.4, -0.2) is 0 Å². The van der Waals surface area contributed by atoms with Gasteiger partial charge < -0.3 is 0 Å². The van der Waals surface area contributed by atoms with Crippen LogP contribution in [0.15, 0.2) is 30.3 Å². The van der Waals surface area contributed by atoms with Crippen LogP contribution in [0, 0.1) is 19.7 Å². The molecule has 0 aliphatic rings. The minimum atomic E-state index is -0.178. The van der Waals surface area contributed by atoms with Crippen molar-refractivity contribution in [3.05, 3.63) is 57.0 Å². The Morgan fingerprint density at radius 3 is 2.59 bits per heavy atom. The van der Waals surface area contributed by atoms with E-state index >= 15 is 0 Å². The van der Waals surface area contributed by atoms with E-state index in [4.69, 9.17) is 11.6 Å². The van der Waals surface area contributed by atoms with Crippen molar-refractivity contribution in [2.75, 3.05) is 0 Å². The quantitative estimate of drug-likeness (QED) is 0.685. The smallest absolute Gasteiger partial charge is 0.126 e. The second-order valence-corrected chi connectivity index (χ2v) is 5.97. The summed E-state index contributed by atoms with van der Waals surface area (Å²) < 4.78 is 13.5. The normalized spacial score (nSPS) is 12.7. The minimum Gasteiger partial charge on any atom is -0.207 e. The summed E-state index contributed by atoms with van der Waals surface area (Å²) in [4.78, 5) is 2.39. The molecular weight excluding hydrogens is 255 g/mol. The van der Waals surface area contributed by atoms with Gasteiger partial charge in [0.1, 0.15) is 5.82 Å². The highest BCUT2D eigenvalue weighted by Gasteiger charge is 2.14. The molecule has 2 aromatic rings. The first-order valence-electron chi connectivity index (χ1n) is 5.52. The van der Waals surface area contributed by atoms with Crippen molar-refractivity contribution in [1.82, 2.24) is 0 Å². The Hall–Kier alpha value is -0.860. The molecule has 90 valence electrons. The fourth-order valence-corrected chi connectivity index (χ4v) is 3.10. The number of hydrogen-bond acceptors (Lipinski definition) is 1. The molecule has 0 saturated heterocycles. The summed E-state index contributed by atoms with van der Waals surface area (Å²) >= 11 is 8.03. The van der Waals surface area contributed by atoms with E-state index in [1.54, 1.807) is 23.5 Å². The zero-order chi connectivity index (χ0) is 12.4. The lowest BCUT2D eigenvalue weighted by atomic mass is 10.1. The highest BCUT2D eigenvalue weighted by Crippen LogP contribution is 2.33. The van der Waals surface area contributed by atoms with Gasteiger partial charge in [-0.05, 0) is 43.5 Å². The van der Waals surface area contributed by atoms with Crippen LogP contribution < -0.4 is 0 Å². The summed E-state index contributed by atoms with van der Waals surface area (Å²) in [7, 11) is 0. The first-order chi connectivity index (χ1) is 8.08. The van der Waals surface area contributed by atoms with Crippen molar-refractivity contribution in [3.63, 3.8) is 0 Å². The van der Waals surface area contributed by atoms with Crippen molar-refractivity contribution < 1.29 is 4.39 Å². The average Bonchev–Trinajstić information content (AvgIpc) is 2.63. The molecule has 3 heteroatoms. The Balaban J connectivity index is 2.17. The maximum Gasteiger partial charge on any atom is 0.126 e. The molecule has 1 heterocycles. The van der Waals surface area contributed by atoms with Gasteiger partial charge in [-0.3, -0.25) is 0 Å². The van der Waals surface area contributed by atoms with E-state index in [0.29, 0.717) is 12.0 Å². The van der Waals surface area contributed by atoms with E-state index in [1.165, 1.54) is 16.5 Å². The highest BCUT2D eigenvalue weighted by molar-refractivity contribution is 7.12. The third kappa shape index (κ3) is 2.88. The summed E-state index contributed by atoms with van der Waals surface area (Å²) in [6.45, 7) is 4.15. The van der Waals surface area contributed by atoms with Crippen molar-refractivity contribution in [2.45, 2.75) is 25.6 Å². The standard InChI is InChI=1S/C14H14ClFS/c1-9-7-14(17-10(9)2)12(15)8-11-5-3-4-6-13(11)16/h3-7,12H,8H2,1-2H3. The number of alkyl halides is 1. The fraction of sp³-hybridized carbons (Fsp3) is 0.286. The van der Waals surface area contributed by atoms with Crippen LogP contribution in [0.5, 0.6) is 0 Å². The van der Waals surface area contributed by atoms with Gasteiger partial charge >= 0.3 is 0 Å². The van der Waals surface area contributed by atoms with Gasteiger partial charge in [0.05, 0.1) is 5.38 Å². The van der Waals surface area contributed by atoms with Crippen molar-refractivity contribution in [1.29, 1.82) is 0 Å². The number of halogens is 2. The topological polar surface area (TPSA) is 0 Å². The third-order valence-corrected chi connectivity index (χ3v) is 4.64. The molecule has 1 aromatic heterocycles. The second-order valence-electron chi connectivity index (χ2n) is 4.15. The Morgan fingerprint density at radius 1 is 1.29 bits per heavy atom. The number of benzene rings is 1. The number of rotatable bonds is 3. The van der Waals surface area contributed by atoms with Crippen LogP contribution in [0.25, 0.3) is 0 Å². The van der Waals surface area contributed by atoms with Gasteiger partial charge in [-0.1, -0.05) is 18.2 Å². The maximum atomic E-state index is 13.5. The zero-order valence-electron chi connectivity index (χ0n) is 9.84. The SMILES string of the molecule is Cc1cc(C(Cl)Cc2ccccc2F)sc1C. The Kier molecular flexibility index (Phi) is 3.85. The molecule has 1 unspecified atom stereocenters. The molecule has 1 aromatic carbocycles. The van der Waals surface area contributed by atoms with Crippen LogP contribution in [0.2, 0.25) is 0 Å². The molecule has 0 amide bonds. The lowest BCUT2D eigenvalue weighted by molar-refractivity contribution is 0.607. The lowest BCUT2D eigenvalue weighted by Crippen LogP contribution is -1.96. The molecular formula is C14H14ClFS. The predicted molar refractivity (Wildman–Crippen MR) is 72.5 cm³/mol. The van der Waals surface area contributed by atoms with Gasteiger partial charge in [-0.2, -0.15) is 0 Å². The van der Waals surface area contributed by atoms with Crippen molar-refractivity contribution >= 4 is 22.9 Å². The zero-order valence-corrected chi connectivity index (χ0v) is 11.4. The van der Waals surface area contributed by atoms with Crippen LogP contribution >= 0.6 is 22.9 Å². The number of hydrogen-bond donors (Lipinski definition) is 0. The first kappa shape index (κ1) is 12.6. The molecule has 2 rings (SSSR count). The Bertz CT molecular complexity index is 499. The van der Waals surface area contributed by atoms with Gasteiger partial charge in [0, 0.05) is 9.75 Å². The van der Waals surface area contributed by atoms with Crippen LogP contribution in [0.4, 0.5) is 4.39 Å². The monoisotopic (exact) mass is 268 g/mol. The molecule has 0 saturated carbocycles. The summed E-state index contributed by atoms with van der Waals surface area (Å²) in [6, 6.07) is 8.90. The molecule has 0 fully saturated rings. The predicted octanol–water partition coefficient (Wildman–Crippen LogP) is 5.03. The first-order valence-corrected chi connectivity index (χ1v) is 6.77. The molecule has 17 heavy (non-hydrogen) atoms. The van der Waals surface area contributed by atoms with E-state index in [0.717, 1.165) is 4.88 Å². The molecule has 0 aliphatic heterocycles. The highest BCUT2D eigenvalue weighted by atomic mass is 35.5. The van der Waals surface area contributed by atoms with E-state index < -0.39 is 0 Å². The van der Waals surface area contributed by atoms with Crippen LogP contribution in [0.3, 0.4) is 0 Å². The largest absolute Gasteiger partial charge is 0.207 e. The molecule has 1 atom stereocenters. The second kappa shape index (κ2) is 5.19. The van der Waals surface area contributed by atoms with Gasteiger partial charge in [-0.25, -0.2) is 4.39 Å². The molecule has 0 radical (unpaired) electrons. The summed E-state index contributed by atoms with van der Waals surface area (Å²) in [5.74, 6) is -0.178. The summed E-state index contributed by atoms with van der Waals surface area (Å²) in [5, 5.41) is -0.149. The molecule has 0 bridgehead atoms. The average molecular weight is 269 g/mol. The van der Waals surface area contributed by atoms with Gasteiger partial charge in [-0.15, -0.1) is 22.9 Å². The van der Waals surface area contributed by atoms with Crippen molar-refractivity contribution in [2.24, 2.45) is 0 Å². The lowest BCUT2D eigenvalue weighted by Gasteiger charge is -2.08. The van der Waals surface area contributed by atoms with E-state index in [1.807, 2.05) is 6.07 Å². The molecule has 0 spiro atoms. The molecule has 0 nitrogen and oxygen atoms in total. The minimum absolute atomic E-state index is 0.149. The fourth-order valence-electron chi connectivity index (χ4n) is 1.71. The van der Waals surface area contributed by atoms with E-state index in [-0.39, 0.29) is 11.2 Å². The Labute approximate surface area is 110 Å². The number of aryl methyl sites for hydroxylation is 2. The third-order valence-electron chi connectivity index (χ3n) is 2.85.